The molecule has 0 saturated carbocycles. The summed E-state index contributed by atoms with van der Waals surface area (Å²) in [5.74, 6) is 0. The van der Waals surface area contributed by atoms with Gasteiger partial charge in [0.25, 0.3) is 0 Å². The Kier molecular flexibility index (Phi) is 5.16. The van der Waals surface area contributed by atoms with Crippen LogP contribution in [0.15, 0.2) is 18.2 Å². The van der Waals surface area contributed by atoms with E-state index in [4.69, 9.17) is 23.2 Å². The molecule has 5 heteroatoms. The van der Waals surface area contributed by atoms with Crippen molar-refractivity contribution in [3.63, 3.8) is 0 Å². The van der Waals surface area contributed by atoms with Crippen LogP contribution in [0.2, 0.25) is 10.0 Å². The lowest BCUT2D eigenvalue weighted by Crippen LogP contribution is -2.42. The molecule has 2 rings (SSSR count). The van der Waals surface area contributed by atoms with E-state index in [1.165, 1.54) is 0 Å². The van der Waals surface area contributed by atoms with Crippen LogP contribution in [0, 0.1) is 0 Å². The summed E-state index contributed by atoms with van der Waals surface area (Å²) in [4.78, 5) is 0. The second-order valence-corrected chi connectivity index (χ2v) is 4.22. The largest absolute Gasteiger partial charge is 0.314 e. The van der Waals surface area contributed by atoms with Gasteiger partial charge in [-0.3, -0.25) is 0 Å². The molecule has 1 fully saturated rings. The van der Waals surface area contributed by atoms with E-state index in [0.717, 1.165) is 35.2 Å². The third-order valence-electron chi connectivity index (χ3n) is 2.37. The number of nitrogens with one attached hydrogen (secondary N) is 2. The fraction of sp³-hybridized carbons (Fsp3) is 0.400. The highest BCUT2D eigenvalue weighted by Crippen LogP contribution is 2.26. The Labute approximate surface area is 106 Å². The molecule has 84 valence electrons. The predicted octanol–water partition coefficient (Wildman–Crippen LogP) is 2.65. The molecule has 1 aliphatic heterocycles. The van der Waals surface area contributed by atoms with E-state index in [9.17, 15) is 0 Å². The van der Waals surface area contributed by atoms with Gasteiger partial charge in [-0.15, -0.1) is 12.4 Å². The highest BCUT2D eigenvalue weighted by Gasteiger charge is 2.16. The monoisotopic (exact) mass is 266 g/mol. The standard InChI is InChI=1S/C10H12Cl2N2.ClH/c11-7-1-2-9(12)8(5-7)10-6-13-3-4-14-10;/h1-2,5,10,13-14H,3-4,6H2;1H/t10-;/m1./s1. The maximum atomic E-state index is 6.10. The molecule has 1 aliphatic rings. The van der Waals surface area contributed by atoms with Crippen LogP contribution in [0.1, 0.15) is 11.6 Å². The summed E-state index contributed by atoms with van der Waals surface area (Å²) in [7, 11) is 0. The molecule has 1 aromatic carbocycles. The van der Waals surface area contributed by atoms with Gasteiger partial charge in [0.05, 0.1) is 0 Å². The first-order valence-electron chi connectivity index (χ1n) is 4.66. The number of rotatable bonds is 1. The van der Waals surface area contributed by atoms with E-state index in [-0.39, 0.29) is 18.4 Å². The topological polar surface area (TPSA) is 24.1 Å². The third kappa shape index (κ3) is 3.23. The molecule has 2 N–H and O–H groups in total. The summed E-state index contributed by atoms with van der Waals surface area (Å²) in [6.07, 6.45) is 0. The molecule has 1 saturated heterocycles. The molecule has 0 amide bonds. The predicted molar refractivity (Wildman–Crippen MR) is 67.3 cm³/mol. The highest BCUT2D eigenvalue weighted by molar-refractivity contribution is 6.33. The normalized spacial score (nSPS) is 20.8. The Morgan fingerprint density at radius 3 is 2.67 bits per heavy atom. The van der Waals surface area contributed by atoms with E-state index >= 15 is 0 Å². The molecule has 0 spiro atoms. The zero-order valence-corrected chi connectivity index (χ0v) is 10.4. The van der Waals surface area contributed by atoms with Gasteiger partial charge in [0.15, 0.2) is 0 Å². The van der Waals surface area contributed by atoms with Crippen LogP contribution in [0.5, 0.6) is 0 Å². The molecule has 1 heterocycles. The zero-order chi connectivity index (χ0) is 9.97. The lowest BCUT2D eigenvalue weighted by atomic mass is 10.1. The van der Waals surface area contributed by atoms with Crippen LogP contribution in [0.3, 0.4) is 0 Å². The molecular weight excluding hydrogens is 254 g/mol. The summed E-state index contributed by atoms with van der Waals surface area (Å²) < 4.78 is 0. The third-order valence-corrected chi connectivity index (χ3v) is 2.95. The Hall–Kier alpha value is 0.01000. The van der Waals surface area contributed by atoms with Crippen molar-refractivity contribution in [1.29, 1.82) is 0 Å². The highest BCUT2D eigenvalue weighted by atomic mass is 35.5. The van der Waals surface area contributed by atoms with Gasteiger partial charge in [-0.05, 0) is 23.8 Å². The van der Waals surface area contributed by atoms with E-state index in [1.54, 1.807) is 0 Å². The second-order valence-electron chi connectivity index (χ2n) is 3.38. The summed E-state index contributed by atoms with van der Waals surface area (Å²) in [5.41, 5.74) is 1.08. The van der Waals surface area contributed by atoms with Gasteiger partial charge in [-0.25, -0.2) is 0 Å². The average molecular weight is 268 g/mol. The lowest BCUT2D eigenvalue weighted by molar-refractivity contribution is 0.430. The van der Waals surface area contributed by atoms with Gasteiger partial charge < -0.3 is 10.6 Å². The van der Waals surface area contributed by atoms with Gasteiger partial charge in [-0.2, -0.15) is 0 Å². The van der Waals surface area contributed by atoms with Gasteiger partial charge >= 0.3 is 0 Å². The van der Waals surface area contributed by atoms with Crippen LogP contribution < -0.4 is 10.6 Å². The van der Waals surface area contributed by atoms with E-state index in [2.05, 4.69) is 10.6 Å². The Morgan fingerprint density at radius 1 is 1.20 bits per heavy atom. The SMILES string of the molecule is Cl.Clc1ccc(Cl)c([C@H]2CNCCN2)c1. The van der Waals surface area contributed by atoms with Crippen molar-refractivity contribution in [2.24, 2.45) is 0 Å². The Morgan fingerprint density at radius 2 is 2.00 bits per heavy atom. The van der Waals surface area contributed by atoms with Crippen molar-refractivity contribution < 1.29 is 0 Å². The average Bonchev–Trinajstić information content (AvgIpc) is 2.23. The molecule has 15 heavy (non-hydrogen) atoms. The molecular formula is C10H13Cl3N2. The fourth-order valence-corrected chi connectivity index (χ4v) is 2.08. The molecule has 0 aromatic heterocycles. The first kappa shape index (κ1) is 13.1. The van der Waals surface area contributed by atoms with E-state index in [0.29, 0.717) is 0 Å². The van der Waals surface area contributed by atoms with E-state index < -0.39 is 0 Å². The van der Waals surface area contributed by atoms with Gasteiger partial charge in [0.1, 0.15) is 0 Å². The van der Waals surface area contributed by atoms with Crippen LogP contribution in [-0.4, -0.2) is 19.6 Å². The molecule has 0 bridgehead atoms. The van der Waals surface area contributed by atoms with Crippen LogP contribution >= 0.6 is 35.6 Å². The van der Waals surface area contributed by atoms with Crippen molar-refractivity contribution in [3.05, 3.63) is 33.8 Å². The maximum Gasteiger partial charge on any atom is 0.0462 e. The number of benzene rings is 1. The number of halogens is 3. The molecule has 1 aromatic rings. The number of hydrogen-bond acceptors (Lipinski definition) is 2. The minimum atomic E-state index is 0. The number of hydrogen-bond donors (Lipinski definition) is 2. The van der Waals surface area contributed by atoms with Crippen molar-refractivity contribution >= 4 is 35.6 Å². The summed E-state index contributed by atoms with van der Waals surface area (Å²) in [6.45, 7) is 2.88. The van der Waals surface area contributed by atoms with Crippen LogP contribution in [-0.2, 0) is 0 Å². The van der Waals surface area contributed by atoms with Crippen molar-refractivity contribution in [2.75, 3.05) is 19.6 Å². The second kappa shape index (κ2) is 5.92. The molecule has 0 unspecified atom stereocenters. The number of piperazine rings is 1. The first-order chi connectivity index (χ1) is 6.77. The molecule has 1 atom stereocenters. The van der Waals surface area contributed by atoms with E-state index in [1.807, 2.05) is 18.2 Å². The molecule has 0 radical (unpaired) electrons. The first-order valence-corrected chi connectivity index (χ1v) is 5.42. The van der Waals surface area contributed by atoms with Crippen molar-refractivity contribution in [1.82, 2.24) is 10.6 Å². The quantitative estimate of drug-likeness (QED) is 0.817. The fourth-order valence-electron chi connectivity index (χ4n) is 1.65. The Bertz CT molecular complexity index is 324. The summed E-state index contributed by atoms with van der Waals surface area (Å²) in [5, 5.41) is 8.22. The maximum absolute atomic E-state index is 6.10. The zero-order valence-electron chi connectivity index (χ0n) is 8.09. The summed E-state index contributed by atoms with van der Waals surface area (Å²) >= 11 is 12.0. The minimum Gasteiger partial charge on any atom is -0.314 e. The summed E-state index contributed by atoms with van der Waals surface area (Å²) in [6, 6.07) is 5.85. The minimum absolute atomic E-state index is 0. The van der Waals surface area contributed by atoms with Crippen molar-refractivity contribution in [3.8, 4) is 0 Å². The van der Waals surface area contributed by atoms with Crippen LogP contribution in [0.25, 0.3) is 0 Å². The van der Waals surface area contributed by atoms with Gasteiger partial charge in [0.2, 0.25) is 0 Å². The molecule has 0 aliphatic carbocycles. The Balaban J connectivity index is 0.00000112. The van der Waals surface area contributed by atoms with Crippen LogP contribution in [0.4, 0.5) is 0 Å². The van der Waals surface area contributed by atoms with Gasteiger partial charge in [0, 0.05) is 35.7 Å². The van der Waals surface area contributed by atoms with Gasteiger partial charge in [-0.1, -0.05) is 23.2 Å². The molecule has 2 nitrogen and oxygen atoms in total. The smallest absolute Gasteiger partial charge is 0.0462 e. The lowest BCUT2D eigenvalue weighted by Gasteiger charge is -2.25. The van der Waals surface area contributed by atoms with Crippen molar-refractivity contribution in [2.45, 2.75) is 6.04 Å².